The van der Waals surface area contributed by atoms with Crippen LogP contribution in [0.1, 0.15) is 12.0 Å². The number of benzene rings is 1. The molecule has 0 fully saturated rings. The molecule has 0 aliphatic carbocycles. The number of hydrogen-bond donors (Lipinski definition) is 1. The molecule has 0 unspecified atom stereocenters. The topological polar surface area (TPSA) is 3.24 Å². The molecule has 1 aromatic rings. The molecule has 0 aromatic heterocycles. The van der Waals surface area contributed by atoms with Gasteiger partial charge in [-0.05, 0) is 24.5 Å². The Morgan fingerprint density at radius 3 is 3.00 bits per heavy atom. The molecular formula is C10H13NS. The highest BCUT2D eigenvalue weighted by molar-refractivity contribution is 7.80. The van der Waals surface area contributed by atoms with Crippen LogP contribution in [0.4, 0.5) is 5.69 Å². The predicted molar refractivity (Wildman–Crippen MR) is 56.0 cm³/mol. The van der Waals surface area contributed by atoms with Crippen molar-refractivity contribution < 1.29 is 0 Å². The molecule has 0 atom stereocenters. The minimum absolute atomic E-state index is 0.830. The van der Waals surface area contributed by atoms with Crippen LogP contribution in [0.5, 0.6) is 0 Å². The summed E-state index contributed by atoms with van der Waals surface area (Å²) in [5, 5.41) is 0. The Hall–Kier alpha value is -0.630. The molecule has 0 bridgehead atoms. The van der Waals surface area contributed by atoms with Crippen LogP contribution < -0.4 is 4.90 Å². The average molecular weight is 179 g/mol. The zero-order valence-corrected chi connectivity index (χ0v) is 7.93. The Morgan fingerprint density at radius 2 is 2.17 bits per heavy atom. The number of aryl methyl sites for hydroxylation is 1. The summed E-state index contributed by atoms with van der Waals surface area (Å²) in [5.74, 6) is 0.830. The summed E-state index contributed by atoms with van der Waals surface area (Å²) in [6, 6.07) is 8.61. The van der Waals surface area contributed by atoms with Gasteiger partial charge in [0.05, 0.1) is 5.88 Å². The highest BCUT2D eigenvalue weighted by atomic mass is 32.1. The zero-order chi connectivity index (χ0) is 8.39. The van der Waals surface area contributed by atoms with E-state index in [0.29, 0.717) is 0 Å². The SMILES string of the molecule is SCN1CCCc2ccccc21. The lowest BCUT2D eigenvalue weighted by atomic mass is 10.0. The van der Waals surface area contributed by atoms with Crippen molar-refractivity contribution in [2.45, 2.75) is 12.8 Å². The van der Waals surface area contributed by atoms with E-state index >= 15 is 0 Å². The minimum Gasteiger partial charge on any atom is -0.362 e. The van der Waals surface area contributed by atoms with Crippen molar-refractivity contribution in [3.8, 4) is 0 Å². The van der Waals surface area contributed by atoms with E-state index in [4.69, 9.17) is 0 Å². The molecule has 1 aliphatic rings. The smallest absolute Gasteiger partial charge is 0.0610 e. The molecule has 1 aliphatic heterocycles. The minimum atomic E-state index is 0.830. The molecule has 0 spiro atoms. The quantitative estimate of drug-likeness (QED) is 0.648. The van der Waals surface area contributed by atoms with Gasteiger partial charge >= 0.3 is 0 Å². The lowest BCUT2D eigenvalue weighted by Gasteiger charge is -2.29. The van der Waals surface area contributed by atoms with Gasteiger partial charge in [-0.15, -0.1) is 0 Å². The number of rotatable bonds is 1. The molecule has 12 heavy (non-hydrogen) atoms. The second-order valence-electron chi connectivity index (χ2n) is 3.14. The van der Waals surface area contributed by atoms with Crippen LogP contribution in [0.15, 0.2) is 24.3 Å². The molecule has 2 rings (SSSR count). The maximum atomic E-state index is 4.31. The molecule has 64 valence electrons. The molecule has 0 N–H and O–H groups in total. The maximum Gasteiger partial charge on any atom is 0.0610 e. The van der Waals surface area contributed by atoms with Gasteiger partial charge in [-0.3, -0.25) is 0 Å². The van der Waals surface area contributed by atoms with Crippen LogP contribution >= 0.6 is 12.6 Å². The first-order valence-corrected chi connectivity index (χ1v) is 4.99. The third kappa shape index (κ3) is 1.31. The number of para-hydroxylation sites is 1. The Bertz CT molecular complexity index is 272. The second-order valence-corrected chi connectivity index (χ2v) is 3.42. The van der Waals surface area contributed by atoms with Crippen molar-refractivity contribution in [3.05, 3.63) is 29.8 Å². The molecule has 2 heteroatoms. The van der Waals surface area contributed by atoms with Gasteiger partial charge in [-0.25, -0.2) is 0 Å². The van der Waals surface area contributed by atoms with E-state index in [1.54, 1.807) is 0 Å². The Morgan fingerprint density at radius 1 is 1.33 bits per heavy atom. The van der Waals surface area contributed by atoms with Crippen molar-refractivity contribution in [2.24, 2.45) is 0 Å². The molecule has 1 aromatic carbocycles. The molecule has 0 amide bonds. The normalized spacial score (nSPS) is 15.9. The van der Waals surface area contributed by atoms with E-state index in [1.165, 1.54) is 24.1 Å². The number of nitrogens with zero attached hydrogens (tertiary/aromatic N) is 1. The lowest BCUT2D eigenvalue weighted by molar-refractivity contribution is 0.737. The van der Waals surface area contributed by atoms with Gasteiger partial charge in [0.1, 0.15) is 0 Å². The molecule has 0 saturated heterocycles. The van der Waals surface area contributed by atoms with E-state index in [-0.39, 0.29) is 0 Å². The van der Waals surface area contributed by atoms with Gasteiger partial charge in [0.25, 0.3) is 0 Å². The van der Waals surface area contributed by atoms with Crippen molar-refractivity contribution >= 4 is 18.3 Å². The molecule has 1 heterocycles. The van der Waals surface area contributed by atoms with Crippen LogP contribution in [-0.4, -0.2) is 12.4 Å². The van der Waals surface area contributed by atoms with E-state index in [2.05, 4.69) is 41.8 Å². The standard InChI is InChI=1S/C10H13NS/c12-8-11-7-3-5-9-4-1-2-6-10(9)11/h1-2,4,6,12H,3,5,7-8H2. The van der Waals surface area contributed by atoms with E-state index in [0.717, 1.165) is 12.4 Å². The predicted octanol–water partition coefficient (Wildman–Crippen LogP) is 2.33. The Labute approximate surface area is 78.8 Å². The fourth-order valence-electron chi connectivity index (χ4n) is 1.76. The van der Waals surface area contributed by atoms with Gasteiger partial charge in [0.2, 0.25) is 0 Å². The molecular weight excluding hydrogens is 166 g/mol. The number of hydrogen-bond acceptors (Lipinski definition) is 2. The first kappa shape index (κ1) is 7.99. The van der Waals surface area contributed by atoms with E-state index in [1.807, 2.05) is 0 Å². The van der Waals surface area contributed by atoms with Crippen molar-refractivity contribution in [1.29, 1.82) is 0 Å². The molecule has 0 radical (unpaired) electrons. The number of anilines is 1. The summed E-state index contributed by atoms with van der Waals surface area (Å²) < 4.78 is 0. The van der Waals surface area contributed by atoms with Gasteiger partial charge in [-0.1, -0.05) is 18.2 Å². The lowest BCUT2D eigenvalue weighted by Crippen LogP contribution is -2.27. The van der Waals surface area contributed by atoms with Crippen molar-refractivity contribution in [1.82, 2.24) is 0 Å². The fraction of sp³-hybridized carbons (Fsp3) is 0.400. The van der Waals surface area contributed by atoms with Crippen molar-refractivity contribution in [3.63, 3.8) is 0 Å². The van der Waals surface area contributed by atoms with Crippen LogP contribution in [0, 0.1) is 0 Å². The highest BCUT2D eigenvalue weighted by Crippen LogP contribution is 2.26. The monoisotopic (exact) mass is 179 g/mol. The first-order chi connectivity index (χ1) is 5.92. The Kier molecular flexibility index (Phi) is 2.26. The molecule has 0 saturated carbocycles. The summed E-state index contributed by atoms with van der Waals surface area (Å²) in [7, 11) is 0. The number of thiol groups is 1. The van der Waals surface area contributed by atoms with E-state index < -0.39 is 0 Å². The fourth-order valence-corrected chi connectivity index (χ4v) is 2.05. The largest absolute Gasteiger partial charge is 0.362 e. The highest BCUT2D eigenvalue weighted by Gasteiger charge is 2.13. The maximum absolute atomic E-state index is 4.31. The van der Waals surface area contributed by atoms with Crippen molar-refractivity contribution in [2.75, 3.05) is 17.3 Å². The van der Waals surface area contributed by atoms with Gasteiger partial charge < -0.3 is 4.90 Å². The first-order valence-electron chi connectivity index (χ1n) is 4.35. The van der Waals surface area contributed by atoms with Gasteiger partial charge in [-0.2, -0.15) is 12.6 Å². The van der Waals surface area contributed by atoms with Gasteiger partial charge in [0, 0.05) is 12.2 Å². The summed E-state index contributed by atoms with van der Waals surface area (Å²) in [5.41, 5.74) is 2.84. The Balaban J connectivity index is 2.37. The van der Waals surface area contributed by atoms with Crippen LogP contribution in [0.25, 0.3) is 0 Å². The third-order valence-electron chi connectivity index (χ3n) is 2.38. The van der Waals surface area contributed by atoms with Crippen LogP contribution in [0.3, 0.4) is 0 Å². The molecule has 1 nitrogen and oxygen atoms in total. The number of fused-ring (bicyclic) bond motifs is 1. The van der Waals surface area contributed by atoms with Crippen LogP contribution in [0.2, 0.25) is 0 Å². The average Bonchev–Trinajstić information content (AvgIpc) is 2.17. The summed E-state index contributed by atoms with van der Waals surface area (Å²) >= 11 is 4.31. The summed E-state index contributed by atoms with van der Waals surface area (Å²) in [4.78, 5) is 2.32. The second kappa shape index (κ2) is 3.40. The van der Waals surface area contributed by atoms with E-state index in [9.17, 15) is 0 Å². The summed E-state index contributed by atoms with van der Waals surface area (Å²) in [6.07, 6.45) is 2.48. The summed E-state index contributed by atoms with van der Waals surface area (Å²) in [6.45, 7) is 1.15. The van der Waals surface area contributed by atoms with Crippen LogP contribution in [-0.2, 0) is 6.42 Å². The zero-order valence-electron chi connectivity index (χ0n) is 7.03. The van der Waals surface area contributed by atoms with Gasteiger partial charge in [0.15, 0.2) is 0 Å². The third-order valence-corrected chi connectivity index (χ3v) is 2.72.